The second-order valence-electron chi connectivity index (χ2n) is 4.58. The van der Waals surface area contributed by atoms with Crippen LogP contribution in [0.15, 0.2) is 6.07 Å². The van der Waals surface area contributed by atoms with Crippen LogP contribution in [0, 0.1) is 6.92 Å². The summed E-state index contributed by atoms with van der Waals surface area (Å²) in [4.78, 5) is 20.0. The molecule has 1 fully saturated rings. The summed E-state index contributed by atoms with van der Waals surface area (Å²) in [7, 11) is 1.38. The molecule has 0 radical (unpaired) electrons. The average molecular weight is 234 g/mol. The summed E-state index contributed by atoms with van der Waals surface area (Å²) in [5, 5.41) is 0. The minimum atomic E-state index is -0.284. The van der Waals surface area contributed by atoms with Crippen molar-refractivity contribution in [1.29, 1.82) is 0 Å². The molecule has 0 aromatic carbocycles. The highest BCUT2D eigenvalue weighted by atomic mass is 16.5. The van der Waals surface area contributed by atoms with Gasteiger partial charge in [0.25, 0.3) is 0 Å². The zero-order chi connectivity index (χ0) is 12.3. The van der Waals surface area contributed by atoms with Crippen molar-refractivity contribution in [2.24, 2.45) is 0 Å². The molecule has 0 saturated heterocycles. The molecule has 0 unspecified atom stereocenters. The summed E-state index contributed by atoms with van der Waals surface area (Å²) < 4.78 is 4.64. The van der Waals surface area contributed by atoms with Gasteiger partial charge in [0.2, 0.25) is 0 Å². The summed E-state index contributed by atoms with van der Waals surface area (Å²) in [5.41, 5.74) is 2.02. The number of carbonyl (C=O) groups is 1. The fourth-order valence-corrected chi connectivity index (χ4v) is 2.37. The molecule has 0 N–H and O–H groups in total. The molecule has 1 saturated carbocycles. The third-order valence-corrected chi connectivity index (χ3v) is 3.22. The minimum Gasteiger partial charge on any atom is -0.469 e. The van der Waals surface area contributed by atoms with Gasteiger partial charge in [0, 0.05) is 17.3 Å². The molecule has 4 heteroatoms. The number of hydrogen-bond acceptors (Lipinski definition) is 4. The Morgan fingerprint density at radius 2 is 2.12 bits per heavy atom. The Balaban J connectivity index is 2.19. The van der Waals surface area contributed by atoms with E-state index in [1.54, 1.807) is 0 Å². The monoisotopic (exact) mass is 234 g/mol. The molecule has 1 aliphatic carbocycles. The van der Waals surface area contributed by atoms with Crippen molar-refractivity contribution < 1.29 is 9.53 Å². The van der Waals surface area contributed by atoms with Gasteiger partial charge in [-0.25, -0.2) is 9.97 Å². The van der Waals surface area contributed by atoms with Crippen molar-refractivity contribution in [3.63, 3.8) is 0 Å². The number of rotatable bonds is 3. The van der Waals surface area contributed by atoms with Crippen molar-refractivity contribution in [1.82, 2.24) is 9.97 Å². The van der Waals surface area contributed by atoms with Gasteiger partial charge in [0.1, 0.15) is 12.2 Å². The maximum absolute atomic E-state index is 11.2. The molecule has 1 aromatic rings. The number of hydrogen-bond donors (Lipinski definition) is 0. The van der Waals surface area contributed by atoms with Gasteiger partial charge < -0.3 is 4.74 Å². The lowest BCUT2D eigenvalue weighted by atomic mass is 10.0. The Kier molecular flexibility index (Phi) is 3.71. The second kappa shape index (κ2) is 5.25. The van der Waals surface area contributed by atoms with Gasteiger partial charge in [0.15, 0.2) is 0 Å². The molecule has 0 atom stereocenters. The summed E-state index contributed by atoms with van der Waals surface area (Å²) >= 11 is 0. The lowest BCUT2D eigenvalue weighted by Gasteiger charge is -2.10. The highest BCUT2D eigenvalue weighted by Crippen LogP contribution is 2.33. The van der Waals surface area contributed by atoms with E-state index in [9.17, 15) is 4.79 Å². The van der Waals surface area contributed by atoms with E-state index in [0.717, 1.165) is 11.4 Å². The van der Waals surface area contributed by atoms with E-state index in [-0.39, 0.29) is 12.4 Å². The summed E-state index contributed by atoms with van der Waals surface area (Å²) in [6, 6.07) is 2.04. The molecule has 17 heavy (non-hydrogen) atoms. The minimum absolute atomic E-state index is 0.165. The SMILES string of the molecule is COC(=O)Cc1nc(C)cc(C2CCCC2)n1. The molecule has 0 aliphatic heterocycles. The highest BCUT2D eigenvalue weighted by Gasteiger charge is 2.19. The first-order valence-electron chi connectivity index (χ1n) is 6.10. The van der Waals surface area contributed by atoms with E-state index in [1.807, 2.05) is 13.0 Å². The van der Waals surface area contributed by atoms with Crippen LogP contribution >= 0.6 is 0 Å². The molecule has 92 valence electrons. The lowest BCUT2D eigenvalue weighted by molar-refractivity contribution is -0.139. The van der Waals surface area contributed by atoms with Crippen LogP contribution in [0.5, 0.6) is 0 Å². The Morgan fingerprint density at radius 1 is 1.41 bits per heavy atom. The van der Waals surface area contributed by atoms with Crippen LogP contribution in [-0.4, -0.2) is 23.0 Å². The van der Waals surface area contributed by atoms with E-state index in [2.05, 4.69) is 14.7 Å². The molecule has 1 aromatic heterocycles. The van der Waals surface area contributed by atoms with Crippen LogP contribution in [0.1, 0.15) is 48.8 Å². The normalized spacial score (nSPS) is 16.1. The molecule has 0 spiro atoms. The fraction of sp³-hybridized carbons (Fsp3) is 0.615. The van der Waals surface area contributed by atoms with Crippen LogP contribution in [0.25, 0.3) is 0 Å². The fourth-order valence-electron chi connectivity index (χ4n) is 2.37. The summed E-state index contributed by atoms with van der Waals surface area (Å²) in [5.74, 6) is 0.847. The maximum Gasteiger partial charge on any atom is 0.313 e. The Labute approximate surface area is 101 Å². The van der Waals surface area contributed by atoms with Crippen LogP contribution in [0.4, 0.5) is 0 Å². The van der Waals surface area contributed by atoms with Gasteiger partial charge in [-0.1, -0.05) is 12.8 Å². The number of aromatic nitrogens is 2. The zero-order valence-electron chi connectivity index (χ0n) is 10.4. The average Bonchev–Trinajstić information content (AvgIpc) is 2.81. The van der Waals surface area contributed by atoms with E-state index >= 15 is 0 Å². The van der Waals surface area contributed by atoms with E-state index in [0.29, 0.717) is 11.7 Å². The molecule has 2 rings (SSSR count). The Morgan fingerprint density at radius 3 is 2.76 bits per heavy atom. The van der Waals surface area contributed by atoms with Gasteiger partial charge in [-0.05, 0) is 25.8 Å². The standard InChI is InChI=1S/C13H18N2O2/c1-9-7-11(10-5-3-4-6-10)15-12(14-9)8-13(16)17-2/h7,10H,3-6,8H2,1-2H3. The topological polar surface area (TPSA) is 52.1 Å². The summed E-state index contributed by atoms with van der Waals surface area (Å²) in [6.45, 7) is 1.95. The van der Waals surface area contributed by atoms with Crippen molar-refractivity contribution in [2.75, 3.05) is 7.11 Å². The molecule has 1 heterocycles. The maximum atomic E-state index is 11.2. The van der Waals surface area contributed by atoms with Crippen LogP contribution < -0.4 is 0 Å². The van der Waals surface area contributed by atoms with E-state index < -0.39 is 0 Å². The highest BCUT2D eigenvalue weighted by molar-refractivity contribution is 5.71. The zero-order valence-corrected chi connectivity index (χ0v) is 10.4. The molecular weight excluding hydrogens is 216 g/mol. The molecular formula is C13H18N2O2. The van der Waals surface area contributed by atoms with Crippen molar-refractivity contribution >= 4 is 5.97 Å². The third-order valence-electron chi connectivity index (χ3n) is 3.22. The summed E-state index contributed by atoms with van der Waals surface area (Å²) in [6.07, 6.45) is 5.13. The first-order chi connectivity index (χ1) is 8.19. The first-order valence-corrected chi connectivity index (χ1v) is 6.10. The smallest absolute Gasteiger partial charge is 0.313 e. The third kappa shape index (κ3) is 3.02. The largest absolute Gasteiger partial charge is 0.469 e. The Hall–Kier alpha value is -1.45. The van der Waals surface area contributed by atoms with E-state index in [4.69, 9.17) is 0 Å². The van der Waals surface area contributed by atoms with Gasteiger partial charge >= 0.3 is 5.97 Å². The molecule has 0 bridgehead atoms. The number of nitrogens with zero attached hydrogens (tertiary/aromatic N) is 2. The molecule has 4 nitrogen and oxygen atoms in total. The van der Waals surface area contributed by atoms with Gasteiger partial charge in [-0.2, -0.15) is 0 Å². The van der Waals surface area contributed by atoms with Crippen LogP contribution in [0.2, 0.25) is 0 Å². The Bertz CT molecular complexity index is 412. The molecule has 1 aliphatic rings. The van der Waals surface area contributed by atoms with Crippen LogP contribution in [-0.2, 0) is 16.0 Å². The number of methoxy groups -OCH3 is 1. The van der Waals surface area contributed by atoms with Gasteiger partial charge in [-0.3, -0.25) is 4.79 Å². The van der Waals surface area contributed by atoms with Crippen molar-refractivity contribution in [3.05, 3.63) is 23.3 Å². The predicted molar refractivity (Wildman–Crippen MR) is 63.7 cm³/mol. The van der Waals surface area contributed by atoms with Crippen molar-refractivity contribution in [3.8, 4) is 0 Å². The van der Waals surface area contributed by atoms with Crippen molar-refractivity contribution in [2.45, 2.75) is 44.9 Å². The quantitative estimate of drug-likeness (QED) is 0.752. The number of ether oxygens (including phenoxy) is 1. The first kappa shape index (κ1) is 12.0. The number of carbonyl (C=O) groups excluding carboxylic acids is 1. The lowest BCUT2D eigenvalue weighted by Crippen LogP contribution is -2.11. The number of aryl methyl sites for hydroxylation is 1. The van der Waals surface area contributed by atoms with Crippen LogP contribution in [0.3, 0.4) is 0 Å². The molecule has 0 amide bonds. The van der Waals surface area contributed by atoms with E-state index in [1.165, 1.54) is 32.8 Å². The van der Waals surface area contributed by atoms with Gasteiger partial charge in [-0.15, -0.1) is 0 Å². The van der Waals surface area contributed by atoms with Gasteiger partial charge in [0.05, 0.1) is 7.11 Å². The predicted octanol–water partition coefficient (Wildman–Crippen LogP) is 2.16. The number of esters is 1. The second-order valence-corrected chi connectivity index (χ2v) is 4.58.